The predicted octanol–water partition coefficient (Wildman–Crippen LogP) is 3.89. The second kappa shape index (κ2) is 5.39. The van der Waals surface area contributed by atoms with Gasteiger partial charge < -0.3 is 5.32 Å². The Morgan fingerprint density at radius 3 is 2.38 bits per heavy atom. The number of hydrogen-bond acceptors (Lipinski definition) is 1. The molecule has 1 atom stereocenters. The van der Waals surface area contributed by atoms with Gasteiger partial charge in [-0.25, -0.2) is 0 Å². The molecule has 0 saturated heterocycles. The van der Waals surface area contributed by atoms with Crippen LogP contribution in [0.5, 0.6) is 0 Å². The van der Waals surface area contributed by atoms with Gasteiger partial charge in [-0.2, -0.15) is 13.2 Å². The topological polar surface area (TPSA) is 12.0 Å². The van der Waals surface area contributed by atoms with E-state index in [2.05, 4.69) is 19.2 Å². The van der Waals surface area contributed by atoms with Crippen molar-refractivity contribution in [3.05, 3.63) is 0 Å². The van der Waals surface area contributed by atoms with E-state index in [9.17, 15) is 13.2 Å². The molecule has 1 aliphatic carbocycles. The van der Waals surface area contributed by atoms with E-state index in [1.807, 2.05) is 0 Å². The maximum Gasteiger partial charge on any atom is 0.389 e. The van der Waals surface area contributed by atoms with Crippen LogP contribution in [-0.2, 0) is 0 Å². The Kier molecular flexibility index (Phi) is 4.65. The molecule has 0 aromatic rings. The third-order valence-corrected chi connectivity index (χ3v) is 3.47. The summed E-state index contributed by atoms with van der Waals surface area (Å²) in [4.78, 5) is 0. The Morgan fingerprint density at radius 1 is 1.31 bits per heavy atom. The highest BCUT2D eigenvalue weighted by molar-refractivity contribution is 4.98. The first kappa shape index (κ1) is 13.8. The first-order valence-corrected chi connectivity index (χ1v) is 6.17. The summed E-state index contributed by atoms with van der Waals surface area (Å²) >= 11 is 0. The third-order valence-electron chi connectivity index (χ3n) is 3.47. The molecule has 0 bridgehead atoms. The Morgan fingerprint density at radius 2 is 1.94 bits per heavy atom. The summed E-state index contributed by atoms with van der Waals surface area (Å²) in [5.74, 6) is 0. The van der Waals surface area contributed by atoms with E-state index < -0.39 is 12.6 Å². The summed E-state index contributed by atoms with van der Waals surface area (Å²) in [6, 6.07) is 0.273. The zero-order valence-corrected chi connectivity index (χ0v) is 10.2. The Labute approximate surface area is 95.8 Å². The molecular formula is C12H22F3N. The van der Waals surface area contributed by atoms with E-state index in [1.165, 1.54) is 0 Å². The fourth-order valence-corrected chi connectivity index (χ4v) is 2.07. The Hall–Kier alpha value is -0.250. The molecule has 4 heteroatoms. The molecule has 96 valence electrons. The van der Waals surface area contributed by atoms with Gasteiger partial charge in [0.15, 0.2) is 0 Å². The molecular weight excluding hydrogens is 215 g/mol. The molecule has 1 fully saturated rings. The minimum atomic E-state index is -4.00. The van der Waals surface area contributed by atoms with Crippen LogP contribution in [0.15, 0.2) is 0 Å². The van der Waals surface area contributed by atoms with Crippen LogP contribution in [0.4, 0.5) is 13.2 Å². The Balaban J connectivity index is 2.28. The van der Waals surface area contributed by atoms with E-state index in [0.717, 1.165) is 25.8 Å². The lowest BCUT2D eigenvalue weighted by Gasteiger charge is -2.25. The van der Waals surface area contributed by atoms with Gasteiger partial charge in [0.2, 0.25) is 0 Å². The molecule has 1 nitrogen and oxygen atoms in total. The molecule has 1 aliphatic rings. The highest BCUT2D eigenvalue weighted by atomic mass is 19.4. The zero-order chi connectivity index (χ0) is 12.2. The van der Waals surface area contributed by atoms with Crippen molar-refractivity contribution in [2.75, 3.05) is 6.54 Å². The minimum absolute atomic E-state index is 0.250. The van der Waals surface area contributed by atoms with Crippen molar-refractivity contribution in [3.63, 3.8) is 0 Å². The second-order valence-electron chi connectivity index (χ2n) is 5.17. The predicted molar refractivity (Wildman–Crippen MR) is 59.3 cm³/mol. The lowest BCUT2D eigenvalue weighted by molar-refractivity contribution is -0.136. The van der Waals surface area contributed by atoms with Crippen molar-refractivity contribution in [3.8, 4) is 0 Å². The number of nitrogens with one attached hydrogen (secondary N) is 1. The van der Waals surface area contributed by atoms with Gasteiger partial charge in [-0.3, -0.25) is 0 Å². The third kappa shape index (κ3) is 4.73. The maximum atomic E-state index is 12.0. The van der Waals surface area contributed by atoms with Crippen LogP contribution in [0.2, 0.25) is 0 Å². The van der Waals surface area contributed by atoms with Crippen LogP contribution >= 0.6 is 0 Å². The molecule has 0 aliphatic heterocycles. The molecule has 0 aromatic heterocycles. The van der Waals surface area contributed by atoms with Crippen LogP contribution in [0.1, 0.15) is 52.4 Å². The summed E-state index contributed by atoms with van der Waals surface area (Å²) in [6.07, 6.45) is -0.406. The van der Waals surface area contributed by atoms with Crippen molar-refractivity contribution in [2.45, 2.75) is 64.6 Å². The van der Waals surface area contributed by atoms with Crippen LogP contribution in [0.3, 0.4) is 0 Å². The van der Waals surface area contributed by atoms with Crippen LogP contribution < -0.4 is 5.32 Å². The van der Waals surface area contributed by atoms with Crippen LogP contribution in [0, 0.1) is 5.41 Å². The monoisotopic (exact) mass is 237 g/mol. The van der Waals surface area contributed by atoms with Crippen molar-refractivity contribution < 1.29 is 13.2 Å². The largest absolute Gasteiger partial charge is 0.389 e. The van der Waals surface area contributed by atoms with Crippen molar-refractivity contribution in [2.24, 2.45) is 5.41 Å². The zero-order valence-electron chi connectivity index (χ0n) is 10.2. The van der Waals surface area contributed by atoms with Gasteiger partial charge in [0.05, 0.1) is 0 Å². The van der Waals surface area contributed by atoms with Gasteiger partial charge in [0.1, 0.15) is 0 Å². The van der Waals surface area contributed by atoms with Gasteiger partial charge in [-0.05, 0) is 44.1 Å². The fraction of sp³-hybridized carbons (Fsp3) is 1.00. The van der Waals surface area contributed by atoms with Gasteiger partial charge in [-0.1, -0.05) is 13.8 Å². The van der Waals surface area contributed by atoms with Crippen LogP contribution in [-0.4, -0.2) is 18.8 Å². The molecule has 16 heavy (non-hydrogen) atoms. The summed E-state index contributed by atoms with van der Waals surface area (Å²) in [5.41, 5.74) is 0.265. The molecule has 1 N–H and O–H groups in total. The molecule has 0 spiro atoms. The van der Waals surface area contributed by atoms with Gasteiger partial charge in [0, 0.05) is 12.5 Å². The molecule has 0 heterocycles. The molecule has 0 aromatic carbocycles. The standard InChI is InChI=1S/C12H22F3N/c1-3-9-16-10(11(2)7-8-11)5-4-6-12(13,14)15/h10,16H,3-9H2,1-2H3. The fourth-order valence-electron chi connectivity index (χ4n) is 2.07. The SMILES string of the molecule is CCCNC(CCCC(F)(F)F)C1(C)CC1. The lowest BCUT2D eigenvalue weighted by atomic mass is 9.93. The first-order valence-electron chi connectivity index (χ1n) is 6.17. The maximum absolute atomic E-state index is 12.0. The van der Waals surface area contributed by atoms with Gasteiger partial charge in [-0.15, -0.1) is 0 Å². The van der Waals surface area contributed by atoms with Gasteiger partial charge in [0.25, 0.3) is 0 Å². The van der Waals surface area contributed by atoms with E-state index >= 15 is 0 Å². The molecule has 1 saturated carbocycles. The Bertz CT molecular complexity index is 209. The average Bonchev–Trinajstić information content (AvgIpc) is 2.89. The summed E-state index contributed by atoms with van der Waals surface area (Å²) in [5, 5.41) is 3.39. The summed E-state index contributed by atoms with van der Waals surface area (Å²) in [6.45, 7) is 5.16. The molecule has 1 unspecified atom stereocenters. The molecule has 0 amide bonds. The number of halogens is 3. The summed E-state index contributed by atoms with van der Waals surface area (Å²) in [7, 11) is 0. The normalized spacial score (nSPS) is 20.8. The number of rotatable bonds is 7. The first-order chi connectivity index (χ1) is 7.37. The van der Waals surface area contributed by atoms with Crippen LogP contribution in [0.25, 0.3) is 0 Å². The minimum Gasteiger partial charge on any atom is -0.313 e. The second-order valence-corrected chi connectivity index (χ2v) is 5.17. The van der Waals surface area contributed by atoms with E-state index in [-0.39, 0.29) is 17.9 Å². The van der Waals surface area contributed by atoms with Gasteiger partial charge >= 0.3 is 6.18 Å². The number of alkyl halides is 3. The van der Waals surface area contributed by atoms with E-state index in [0.29, 0.717) is 6.42 Å². The average molecular weight is 237 g/mol. The quantitative estimate of drug-likeness (QED) is 0.708. The highest BCUT2D eigenvalue weighted by Crippen LogP contribution is 2.49. The lowest BCUT2D eigenvalue weighted by Crippen LogP contribution is -2.36. The van der Waals surface area contributed by atoms with Crippen molar-refractivity contribution >= 4 is 0 Å². The van der Waals surface area contributed by atoms with Crippen molar-refractivity contribution in [1.29, 1.82) is 0 Å². The van der Waals surface area contributed by atoms with E-state index in [4.69, 9.17) is 0 Å². The summed E-state index contributed by atoms with van der Waals surface area (Å²) < 4.78 is 36.1. The van der Waals surface area contributed by atoms with E-state index in [1.54, 1.807) is 0 Å². The molecule has 0 radical (unpaired) electrons. The van der Waals surface area contributed by atoms with Crippen molar-refractivity contribution in [1.82, 2.24) is 5.32 Å². The highest BCUT2D eigenvalue weighted by Gasteiger charge is 2.44. The smallest absolute Gasteiger partial charge is 0.313 e. The number of hydrogen-bond donors (Lipinski definition) is 1. The molecule has 1 rings (SSSR count).